The van der Waals surface area contributed by atoms with Gasteiger partial charge in [-0.2, -0.15) is 0 Å². The van der Waals surface area contributed by atoms with Crippen molar-refractivity contribution < 1.29 is 38.1 Å². The summed E-state index contributed by atoms with van der Waals surface area (Å²) in [6.07, 6.45) is 14.9. The summed E-state index contributed by atoms with van der Waals surface area (Å²) in [6.45, 7) is 4.32. The SMILES string of the molecule is CCC(C(=O)OCCCOC(=O)C(CC)C(COC(=O)C1CCC1)Cc1cncn1C)C(COC(=O)C1CCC1)Cc1cncn1C. The molecule has 0 bridgehead atoms. The molecule has 2 saturated carbocycles. The van der Waals surface area contributed by atoms with E-state index in [-0.39, 0.29) is 74.0 Å². The molecule has 4 atom stereocenters. The fourth-order valence-electron chi connectivity index (χ4n) is 6.24. The normalized spacial score (nSPS) is 17.4. The molecule has 0 aliphatic heterocycles. The molecule has 0 N–H and O–H groups in total. The van der Waals surface area contributed by atoms with Gasteiger partial charge in [0.05, 0.1) is 62.8 Å². The number of aromatic nitrogens is 4. The van der Waals surface area contributed by atoms with Crippen LogP contribution in [0.3, 0.4) is 0 Å². The van der Waals surface area contributed by atoms with Crippen LogP contribution in [0.5, 0.6) is 0 Å². The van der Waals surface area contributed by atoms with Crippen molar-refractivity contribution >= 4 is 23.9 Å². The minimum Gasteiger partial charge on any atom is -0.465 e. The Kier molecular flexibility index (Phi) is 13.8. The molecule has 0 saturated heterocycles. The van der Waals surface area contributed by atoms with Gasteiger partial charge in [0.15, 0.2) is 0 Å². The van der Waals surface area contributed by atoms with Gasteiger partial charge in [0.2, 0.25) is 0 Å². The number of carbonyl (C=O) groups is 4. The molecular formula is C35H52N4O8. The van der Waals surface area contributed by atoms with Crippen molar-refractivity contribution in [1.82, 2.24) is 19.1 Å². The van der Waals surface area contributed by atoms with Crippen molar-refractivity contribution in [2.24, 2.45) is 49.6 Å². The molecule has 4 rings (SSSR count). The Morgan fingerprint density at radius 1 is 0.702 bits per heavy atom. The summed E-state index contributed by atoms with van der Waals surface area (Å²) in [4.78, 5) is 59.8. The maximum Gasteiger partial charge on any atom is 0.309 e. The van der Waals surface area contributed by atoms with Gasteiger partial charge in [0.1, 0.15) is 0 Å². The molecule has 2 aromatic heterocycles. The van der Waals surface area contributed by atoms with Crippen LogP contribution in [0.15, 0.2) is 25.0 Å². The Hall–Kier alpha value is -3.70. The fraction of sp³-hybridized carbons (Fsp3) is 0.714. The molecule has 2 aliphatic rings. The number of hydrogen-bond donors (Lipinski definition) is 0. The summed E-state index contributed by atoms with van der Waals surface area (Å²) in [6, 6.07) is 0. The number of imidazole rings is 2. The second kappa shape index (κ2) is 18.0. The van der Waals surface area contributed by atoms with Crippen LogP contribution in [0.4, 0.5) is 0 Å². The van der Waals surface area contributed by atoms with E-state index in [2.05, 4.69) is 9.97 Å². The molecule has 0 radical (unpaired) electrons. The minimum atomic E-state index is -0.471. The summed E-state index contributed by atoms with van der Waals surface area (Å²) in [5, 5.41) is 0. The first-order valence-electron chi connectivity index (χ1n) is 17.3. The summed E-state index contributed by atoms with van der Waals surface area (Å²) in [5.41, 5.74) is 1.88. The molecule has 4 unspecified atom stereocenters. The van der Waals surface area contributed by atoms with Crippen molar-refractivity contribution in [1.29, 1.82) is 0 Å². The van der Waals surface area contributed by atoms with Gasteiger partial charge in [0, 0.05) is 56.1 Å². The van der Waals surface area contributed by atoms with Gasteiger partial charge in [-0.1, -0.05) is 26.7 Å². The van der Waals surface area contributed by atoms with Crippen molar-refractivity contribution in [3.05, 3.63) is 36.4 Å². The molecule has 2 aromatic rings. The van der Waals surface area contributed by atoms with Crippen LogP contribution in [0.1, 0.15) is 83.0 Å². The van der Waals surface area contributed by atoms with E-state index >= 15 is 0 Å². The summed E-state index contributed by atoms with van der Waals surface area (Å²) >= 11 is 0. The van der Waals surface area contributed by atoms with Gasteiger partial charge in [0.25, 0.3) is 0 Å². The number of aryl methyl sites for hydroxylation is 2. The third kappa shape index (κ3) is 10.1. The Bertz CT molecular complexity index is 1220. The van der Waals surface area contributed by atoms with E-state index in [9.17, 15) is 19.2 Å². The quantitative estimate of drug-likeness (QED) is 0.115. The highest BCUT2D eigenvalue weighted by molar-refractivity contribution is 5.75. The first kappa shape index (κ1) is 36.1. The van der Waals surface area contributed by atoms with E-state index < -0.39 is 11.8 Å². The highest BCUT2D eigenvalue weighted by atomic mass is 16.6. The van der Waals surface area contributed by atoms with Crippen molar-refractivity contribution in [2.45, 2.75) is 84.5 Å². The Balaban J connectivity index is 1.27. The van der Waals surface area contributed by atoms with E-state index in [1.807, 2.05) is 37.1 Å². The third-order valence-corrected chi connectivity index (χ3v) is 9.93. The summed E-state index contributed by atoms with van der Waals surface area (Å²) in [7, 11) is 3.79. The van der Waals surface area contributed by atoms with E-state index in [4.69, 9.17) is 18.9 Å². The molecule has 2 heterocycles. The monoisotopic (exact) mass is 656 g/mol. The highest BCUT2D eigenvalue weighted by Crippen LogP contribution is 2.30. The maximum absolute atomic E-state index is 13.3. The smallest absolute Gasteiger partial charge is 0.309 e. The molecule has 260 valence electrons. The average Bonchev–Trinajstić information content (AvgIpc) is 3.59. The van der Waals surface area contributed by atoms with Gasteiger partial charge in [-0.3, -0.25) is 19.2 Å². The van der Waals surface area contributed by atoms with E-state index in [1.54, 1.807) is 25.0 Å². The zero-order valence-electron chi connectivity index (χ0n) is 28.4. The predicted octanol–water partition coefficient (Wildman–Crippen LogP) is 4.39. The van der Waals surface area contributed by atoms with Crippen molar-refractivity contribution in [3.63, 3.8) is 0 Å². The molecule has 2 aliphatic carbocycles. The number of ether oxygens (including phenoxy) is 4. The lowest BCUT2D eigenvalue weighted by Gasteiger charge is -2.28. The number of rotatable bonds is 20. The highest BCUT2D eigenvalue weighted by Gasteiger charge is 2.34. The standard InChI is InChI=1S/C35H52N4O8/c1-5-30(26(16-28-18-36-22-38(28)3)20-46-32(40)24-10-7-11-24)34(42)44-14-9-15-45-35(43)31(6-2)27(17-29-19-37-23-39(29)4)21-47-33(41)25-12-8-13-25/h18-19,22-27,30-31H,5-17,20-21H2,1-4H3. The minimum absolute atomic E-state index is 0.0397. The maximum atomic E-state index is 13.3. The van der Waals surface area contributed by atoms with Crippen LogP contribution in [0, 0.1) is 35.5 Å². The molecule has 12 nitrogen and oxygen atoms in total. The van der Waals surface area contributed by atoms with Crippen LogP contribution in [-0.4, -0.2) is 69.4 Å². The Morgan fingerprint density at radius 3 is 1.40 bits per heavy atom. The number of hydrogen-bond acceptors (Lipinski definition) is 10. The van der Waals surface area contributed by atoms with E-state index in [0.29, 0.717) is 32.1 Å². The topological polar surface area (TPSA) is 141 Å². The lowest BCUT2D eigenvalue weighted by molar-refractivity contribution is -0.160. The van der Waals surface area contributed by atoms with Crippen LogP contribution < -0.4 is 0 Å². The van der Waals surface area contributed by atoms with E-state index in [0.717, 1.165) is 49.9 Å². The first-order chi connectivity index (χ1) is 22.7. The third-order valence-electron chi connectivity index (χ3n) is 9.93. The molecule has 12 heteroatoms. The lowest BCUT2D eigenvalue weighted by Crippen LogP contribution is -2.34. The zero-order valence-corrected chi connectivity index (χ0v) is 28.4. The van der Waals surface area contributed by atoms with Gasteiger partial charge in [-0.25, -0.2) is 9.97 Å². The Labute approximate surface area is 277 Å². The first-order valence-corrected chi connectivity index (χ1v) is 17.3. The molecule has 47 heavy (non-hydrogen) atoms. The Morgan fingerprint density at radius 2 is 1.11 bits per heavy atom. The van der Waals surface area contributed by atoms with Crippen LogP contribution >= 0.6 is 0 Å². The summed E-state index contributed by atoms with van der Waals surface area (Å²) in [5.74, 6) is -2.65. The van der Waals surface area contributed by atoms with E-state index in [1.165, 1.54) is 0 Å². The molecule has 0 amide bonds. The molecule has 0 spiro atoms. The van der Waals surface area contributed by atoms with Gasteiger partial charge in [-0.15, -0.1) is 0 Å². The molecular weight excluding hydrogens is 604 g/mol. The van der Waals surface area contributed by atoms with Crippen molar-refractivity contribution in [3.8, 4) is 0 Å². The molecule has 0 aromatic carbocycles. The fourth-order valence-corrected chi connectivity index (χ4v) is 6.24. The number of nitrogens with zero attached hydrogens (tertiary/aromatic N) is 4. The van der Waals surface area contributed by atoms with Crippen LogP contribution in [0.25, 0.3) is 0 Å². The van der Waals surface area contributed by atoms with Crippen molar-refractivity contribution in [2.75, 3.05) is 26.4 Å². The van der Waals surface area contributed by atoms with Crippen LogP contribution in [0.2, 0.25) is 0 Å². The zero-order chi connectivity index (χ0) is 33.8. The largest absolute Gasteiger partial charge is 0.465 e. The molecule has 2 fully saturated rings. The second-order valence-electron chi connectivity index (χ2n) is 13.2. The summed E-state index contributed by atoms with van der Waals surface area (Å²) < 4.78 is 26.5. The number of carbonyl (C=O) groups excluding carboxylic acids is 4. The average molecular weight is 657 g/mol. The van der Waals surface area contributed by atoms with Gasteiger partial charge in [-0.05, 0) is 51.4 Å². The second-order valence-corrected chi connectivity index (χ2v) is 13.2. The lowest BCUT2D eigenvalue weighted by atomic mass is 9.85. The number of esters is 4. The van der Waals surface area contributed by atoms with Gasteiger partial charge >= 0.3 is 23.9 Å². The predicted molar refractivity (Wildman–Crippen MR) is 172 cm³/mol. The van der Waals surface area contributed by atoms with Crippen LogP contribution in [-0.2, 0) is 65.1 Å². The van der Waals surface area contributed by atoms with Gasteiger partial charge < -0.3 is 28.1 Å².